The second kappa shape index (κ2) is 8.07. The molecule has 0 amide bonds. The second-order valence-electron chi connectivity index (χ2n) is 6.01. The van der Waals surface area contributed by atoms with E-state index in [0.29, 0.717) is 10.9 Å². The van der Waals surface area contributed by atoms with Gasteiger partial charge in [-0.15, -0.1) is 11.3 Å². The van der Waals surface area contributed by atoms with E-state index in [1.165, 1.54) is 11.3 Å². The highest BCUT2D eigenvalue weighted by Crippen LogP contribution is 2.30. The highest BCUT2D eigenvalue weighted by atomic mass is 35.5. The number of nitrogens with zero attached hydrogens (tertiary/aromatic N) is 2. The summed E-state index contributed by atoms with van der Waals surface area (Å²) in [6.45, 7) is 0. The number of benzene rings is 1. The lowest BCUT2D eigenvalue weighted by molar-refractivity contribution is -0.144. The molecule has 12 heteroatoms. The summed E-state index contributed by atoms with van der Waals surface area (Å²) in [6.07, 6.45) is -5.07. The second-order valence-corrected chi connectivity index (χ2v) is 7.45. The van der Waals surface area contributed by atoms with E-state index in [1.54, 1.807) is 17.5 Å². The number of halogens is 5. The van der Waals surface area contributed by atoms with Crippen LogP contribution in [0.2, 0.25) is 5.02 Å². The number of alkyl halides is 3. The molecule has 0 aliphatic carbocycles. The third-order valence-corrected chi connectivity index (χ3v) is 5.15. The Morgan fingerprint density at radius 3 is 2.53 bits per heavy atom. The lowest BCUT2D eigenvalue weighted by Crippen LogP contribution is -2.41. The molecule has 2 aromatic heterocycles. The van der Waals surface area contributed by atoms with E-state index in [-0.39, 0.29) is 32.4 Å². The molecular weight excluding hydrogens is 452 g/mol. The number of aromatic nitrogens is 2. The first-order valence-electron chi connectivity index (χ1n) is 8.12. The molecule has 0 fully saturated rings. The third kappa shape index (κ3) is 4.31. The van der Waals surface area contributed by atoms with Gasteiger partial charge in [0, 0.05) is 24.1 Å². The zero-order valence-corrected chi connectivity index (χ0v) is 16.6. The molecule has 0 unspecified atom stereocenters. The molecular formula is C18H11ClF4N2O4S. The number of hydrogen-bond donors (Lipinski definition) is 0. The standard InChI is InChI=1S/C18H11ClF4N2O4S/c1-24-14(18(21,22)23)8-15(26)25(17(24)28)12-7-13(10(19)6-11(12)20)29-16(27)5-9-3-2-4-30-9/h2-4,6-8H,5H2,1H3. The molecule has 0 N–H and O–H groups in total. The van der Waals surface area contributed by atoms with Crippen LogP contribution >= 0.6 is 22.9 Å². The van der Waals surface area contributed by atoms with Gasteiger partial charge in [0.25, 0.3) is 5.56 Å². The van der Waals surface area contributed by atoms with Crippen molar-refractivity contribution in [2.45, 2.75) is 12.6 Å². The minimum atomic E-state index is -4.97. The lowest BCUT2D eigenvalue weighted by atomic mass is 10.2. The van der Waals surface area contributed by atoms with Crippen LogP contribution in [0.3, 0.4) is 0 Å². The molecule has 3 aromatic rings. The van der Waals surface area contributed by atoms with Crippen LogP contribution < -0.4 is 16.0 Å². The van der Waals surface area contributed by atoms with Gasteiger partial charge in [-0.1, -0.05) is 17.7 Å². The van der Waals surface area contributed by atoms with Gasteiger partial charge >= 0.3 is 17.8 Å². The van der Waals surface area contributed by atoms with Crippen molar-refractivity contribution in [2.75, 3.05) is 0 Å². The fraction of sp³-hybridized carbons (Fsp3) is 0.167. The van der Waals surface area contributed by atoms with E-state index in [0.717, 1.165) is 13.1 Å². The van der Waals surface area contributed by atoms with E-state index < -0.39 is 40.6 Å². The first-order valence-corrected chi connectivity index (χ1v) is 9.37. The van der Waals surface area contributed by atoms with Gasteiger partial charge in [0.15, 0.2) is 5.75 Å². The van der Waals surface area contributed by atoms with Crippen LogP contribution in [0.25, 0.3) is 5.69 Å². The van der Waals surface area contributed by atoms with Gasteiger partial charge in [-0.05, 0) is 17.5 Å². The van der Waals surface area contributed by atoms with Gasteiger partial charge in [0.05, 0.1) is 17.1 Å². The lowest BCUT2D eigenvalue weighted by Gasteiger charge is -2.15. The van der Waals surface area contributed by atoms with Crippen molar-refractivity contribution in [3.8, 4) is 11.4 Å². The van der Waals surface area contributed by atoms with Crippen molar-refractivity contribution in [2.24, 2.45) is 7.05 Å². The van der Waals surface area contributed by atoms with Crippen LogP contribution in [0.1, 0.15) is 10.6 Å². The van der Waals surface area contributed by atoms with Crippen molar-refractivity contribution in [1.82, 2.24) is 9.13 Å². The summed E-state index contributed by atoms with van der Waals surface area (Å²) in [7, 11) is 0.789. The number of ether oxygens (including phenoxy) is 1. The number of thiophene rings is 1. The van der Waals surface area contributed by atoms with Crippen LogP contribution in [0.5, 0.6) is 5.75 Å². The fourth-order valence-corrected chi connectivity index (χ4v) is 3.48. The molecule has 30 heavy (non-hydrogen) atoms. The van der Waals surface area contributed by atoms with E-state index in [9.17, 15) is 31.9 Å². The van der Waals surface area contributed by atoms with Gasteiger partial charge in [0.2, 0.25) is 0 Å². The molecule has 3 rings (SSSR count). The van der Waals surface area contributed by atoms with Crippen molar-refractivity contribution in [3.05, 3.63) is 78.0 Å². The molecule has 2 heterocycles. The zero-order chi connectivity index (χ0) is 22.2. The van der Waals surface area contributed by atoms with E-state index in [1.807, 2.05) is 0 Å². The topological polar surface area (TPSA) is 70.3 Å². The number of hydrogen-bond acceptors (Lipinski definition) is 5. The predicted molar refractivity (Wildman–Crippen MR) is 101 cm³/mol. The normalized spacial score (nSPS) is 11.5. The third-order valence-electron chi connectivity index (χ3n) is 3.98. The molecule has 0 saturated heterocycles. The number of esters is 1. The fourth-order valence-electron chi connectivity index (χ4n) is 2.60. The van der Waals surface area contributed by atoms with Gasteiger partial charge in [-0.3, -0.25) is 14.2 Å². The summed E-state index contributed by atoms with van der Waals surface area (Å²) in [5, 5.41) is 1.42. The van der Waals surface area contributed by atoms with Crippen LogP contribution in [0, 0.1) is 5.82 Å². The molecule has 0 aliphatic rings. The maximum atomic E-state index is 14.4. The first kappa shape index (κ1) is 21.8. The molecule has 158 valence electrons. The summed E-state index contributed by atoms with van der Waals surface area (Å²) >= 11 is 7.18. The molecule has 0 atom stereocenters. The molecule has 0 spiro atoms. The van der Waals surface area contributed by atoms with Gasteiger partial charge in [0.1, 0.15) is 11.5 Å². The summed E-state index contributed by atoms with van der Waals surface area (Å²) < 4.78 is 58.8. The number of carbonyl (C=O) groups excluding carboxylic acids is 1. The number of rotatable bonds is 4. The largest absolute Gasteiger partial charge is 0.431 e. The van der Waals surface area contributed by atoms with Crippen molar-refractivity contribution >= 4 is 28.9 Å². The average molecular weight is 463 g/mol. The highest BCUT2D eigenvalue weighted by Gasteiger charge is 2.35. The molecule has 0 aliphatic heterocycles. The Morgan fingerprint density at radius 1 is 1.23 bits per heavy atom. The molecule has 6 nitrogen and oxygen atoms in total. The highest BCUT2D eigenvalue weighted by molar-refractivity contribution is 7.10. The Labute approximate surface area is 174 Å². The quantitative estimate of drug-likeness (QED) is 0.338. The van der Waals surface area contributed by atoms with Crippen LogP contribution in [-0.2, 0) is 24.4 Å². The van der Waals surface area contributed by atoms with Crippen molar-refractivity contribution < 1.29 is 27.1 Å². The Bertz CT molecular complexity index is 1230. The van der Waals surface area contributed by atoms with E-state index >= 15 is 0 Å². The van der Waals surface area contributed by atoms with Gasteiger partial charge in [-0.2, -0.15) is 13.2 Å². The van der Waals surface area contributed by atoms with Crippen LogP contribution in [0.4, 0.5) is 17.6 Å². The molecule has 0 saturated carbocycles. The summed E-state index contributed by atoms with van der Waals surface area (Å²) in [5.41, 5.74) is -5.06. The van der Waals surface area contributed by atoms with Gasteiger partial charge in [-0.25, -0.2) is 13.8 Å². The van der Waals surface area contributed by atoms with Crippen LogP contribution in [0.15, 0.2) is 45.3 Å². The maximum absolute atomic E-state index is 14.4. The number of carbonyl (C=O) groups is 1. The van der Waals surface area contributed by atoms with Crippen molar-refractivity contribution in [1.29, 1.82) is 0 Å². The summed E-state index contributed by atoms with van der Waals surface area (Å²) in [5.74, 6) is -2.27. The van der Waals surface area contributed by atoms with Crippen LogP contribution in [-0.4, -0.2) is 15.1 Å². The minimum Gasteiger partial charge on any atom is -0.425 e. The zero-order valence-electron chi connectivity index (χ0n) is 15.0. The Morgan fingerprint density at radius 2 is 1.93 bits per heavy atom. The minimum absolute atomic E-state index is 0.108. The Kier molecular flexibility index (Phi) is 5.86. The summed E-state index contributed by atoms with van der Waals surface area (Å²) in [4.78, 5) is 37.3. The first-order chi connectivity index (χ1) is 14.0. The van der Waals surface area contributed by atoms with Gasteiger partial charge < -0.3 is 4.74 Å². The molecule has 1 aromatic carbocycles. The predicted octanol–water partition coefficient (Wildman–Crippen LogP) is 3.56. The maximum Gasteiger partial charge on any atom is 0.431 e. The average Bonchev–Trinajstić information content (AvgIpc) is 3.13. The SMILES string of the molecule is Cn1c(C(F)(F)F)cc(=O)n(-c2cc(OC(=O)Cc3cccs3)c(Cl)cc2F)c1=O. The van der Waals surface area contributed by atoms with Crippen molar-refractivity contribution in [3.63, 3.8) is 0 Å². The van der Waals surface area contributed by atoms with E-state index in [2.05, 4.69) is 0 Å². The smallest absolute Gasteiger partial charge is 0.425 e. The molecule has 0 radical (unpaired) electrons. The Balaban J connectivity index is 2.06. The van der Waals surface area contributed by atoms with E-state index in [4.69, 9.17) is 16.3 Å². The Hall–Kier alpha value is -2.92. The molecule has 0 bridgehead atoms. The monoisotopic (exact) mass is 462 g/mol. The summed E-state index contributed by atoms with van der Waals surface area (Å²) in [6, 6.07) is 5.07.